The second-order valence-corrected chi connectivity index (χ2v) is 5.39. The summed E-state index contributed by atoms with van der Waals surface area (Å²) in [5, 5.41) is 29.8. The maximum atomic E-state index is 9.98. The fourth-order valence-electron chi connectivity index (χ4n) is 2.21. The Bertz CT molecular complexity index is 456. The molecule has 0 heterocycles. The van der Waals surface area contributed by atoms with E-state index in [1.165, 1.54) is 0 Å². The van der Waals surface area contributed by atoms with E-state index in [1.807, 2.05) is 13.0 Å². The van der Waals surface area contributed by atoms with Crippen molar-refractivity contribution in [1.29, 1.82) is 0 Å². The van der Waals surface area contributed by atoms with Crippen molar-refractivity contribution in [3.63, 3.8) is 0 Å². The molecular weight excluding hydrogens is 280 g/mol. The van der Waals surface area contributed by atoms with Gasteiger partial charge in [-0.25, -0.2) is 0 Å². The van der Waals surface area contributed by atoms with E-state index >= 15 is 0 Å². The zero-order chi connectivity index (χ0) is 16.4. The number of benzene rings is 1. The first-order valence-electron chi connectivity index (χ1n) is 8.03. The molecule has 0 aliphatic heterocycles. The minimum atomic E-state index is -0.904. The normalized spacial score (nSPS) is 14.4. The van der Waals surface area contributed by atoms with Gasteiger partial charge in [-0.3, -0.25) is 0 Å². The molecule has 3 N–H and O–H groups in total. The smallest absolute Gasteiger partial charge is 0.121 e. The summed E-state index contributed by atoms with van der Waals surface area (Å²) in [4.78, 5) is 0. The van der Waals surface area contributed by atoms with Gasteiger partial charge in [-0.15, -0.1) is 0 Å². The topological polar surface area (TPSA) is 69.9 Å². The minimum absolute atomic E-state index is 0.175. The summed E-state index contributed by atoms with van der Waals surface area (Å²) in [6, 6.07) is 5.21. The molecule has 0 unspecified atom stereocenters. The number of phenolic OH excluding ortho intramolecular Hbond substituents is 1. The maximum Gasteiger partial charge on any atom is 0.121 e. The van der Waals surface area contributed by atoms with Crippen LogP contribution in [0.3, 0.4) is 0 Å². The van der Waals surface area contributed by atoms with E-state index in [0.717, 1.165) is 24.8 Å². The average molecular weight is 308 g/mol. The standard InChI is InChI=1S/C18H28O4/c1-3-5-6-9-17(20)18(21)12-11-14-8-7-10-16(19)15(14)13-22-4-2/h7-8,10-12,17-21H,3-6,9,13H2,1-2H3/b12-11+/t17-,18+/m0/s1. The third kappa shape index (κ3) is 6.18. The number of unbranched alkanes of at least 4 members (excludes halogenated alkanes) is 2. The molecule has 0 aliphatic rings. The Hall–Kier alpha value is -1.36. The molecule has 0 amide bonds. The number of aliphatic hydroxyl groups excluding tert-OH is 2. The van der Waals surface area contributed by atoms with Crippen molar-refractivity contribution in [3.05, 3.63) is 35.4 Å². The monoisotopic (exact) mass is 308 g/mol. The Labute approximate surface area is 133 Å². The van der Waals surface area contributed by atoms with Gasteiger partial charge in [0, 0.05) is 12.2 Å². The highest BCUT2D eigenvalue weighted by Gasteiger charge is 2.13. The van der Waals surface area contributed by atoms with E-state index in [0.29, 0.717) is 25.2 Å². The fraction of sp³-hybridized carbons (Fsp3) is 0.556. The SMILES string of the molecule is CCCCC[C@H](O)[C@H](O)/C=C/c1cccc(O)c1COCC. The lowest BCUT2D eigenvalue weighted by Gasteiger charge is -2.14. The largest absolute Gasteiger partial charge is 0.508 e. The molecule has 0 bridgehead atoms. The highest BCUT2D eigenvalue weighted by Crippen LogP contribution is 2.23. The van der Waals surface area contributed by atoms with Crippen LogP contribution < -0.4 is 0 Å². The summed E-state index contributed by atoms with van der Waals surface area (Å²) in [6.45, 7) is 4.88. The average Bonchev–Trinajstić information content (AvgIpc) is 2.51. The minimum Gasteiger partial charge on any atom is -0.508 e. The molecule has 0 aliphatic carbocycles. The Morgan fingerprint density at radius 3 is 2.64 bits per heavy atom. The van der Waals surface area contributed by atoms with Crippen LogP contribution in [0, 0.1) is 0 Å². The van der Waals surface area contributed by atoms with Gasteiger partial charge in [-0.05, 0) is 25.0 Å². The number of ether oxygens (including phenoxy) is 1. The van der Waals surface area contributed by atoms with Crippen molar-refractivity contribution in [2.45, 2.75) is 58.3 Å². The molecule has 0 spiro atoms. The van der Waals surface area contributed by atoms with Gasteiger partial charge in [0.2, 0.25) is 0 Å². The molecule has 124 valence electrons. The lowest BCUT2D eigenvalue weighted by Crippen LogP contribution is -2.23. The van der Waals surface area contributed by atoms with Crippen molar-refractivity contribution < 1.29 is 20.1 Å². The predicted octanol–water partition coefficient (Wildman–Crippen LogP) is 3.24. The van der Waals surface area contributed by atoms with E-state index in [4.69, 9.17) is 4.74 Å². The molecule has 22 heavy (non-hydrogen) atoms. The second kappa shape index (κ2) is 10.4. The number of aromatic hydroxyl groups is 1. The molecule has 2 atom stereocenters. The van der Waals surface area contributed by atoms with Crippen molar-refractivity contribution >= 4 is 6.08 Å². The number of aliphatic hydroxyl groups is 2. The van der Waals surface area contributed by atoms with Gasteiger partial charge in [0.25, 0.3) is 0 Å². The van der Waals surface area contributed by atoms with Gasteiger partial charge >= 0.3 is 0 Å². The maximum absolute atomic E-state index is 9.98. The third-order valence-corrected chi connectivity index (χ3v) is 3.61. The van der Waals surface area contributed by atoms with Crippen molar-refractivity contribution in [3.8, 4) is 5.75 Å². The quantitative estimate of drug-likeness (QED) is 0.580. The fourth-order valence-corrected chi connectivity index (χ4v) is 2.21. The van der Waals surface area contributed by atoms with Crippen LogP contribution in [0.5, 0.6) is 5.75 Å². The first-order chi connectivity index (χ1) is 10.6. The molecule has 1 rings (SSSR count). The molecule has 0 saturated heterocycles. The summed E-state index contributed by atoms with van der Waals surface area (Å²) in [6.07, 6.45) is 5.27. The Balaban J connectivity index is 2.70. The first kappa shape index (κ1) is 18.7. The molecule has 0 saturated carbocycles. The highest BCUT2D eigenvalue weighted by atomic mass is 16.5. The number of rotatable bonds is 10. The van der Waals surface area contributed by atoms with E-state index in [-0.39, 0.29) is 5.75 Å². The van der Waals surface area contributed by atoms with Gasteiger partial charge < -0.3 is 20.1 Å². The summed E-state index contributed by atoms with van der Waals surface area (Å²) in [5.74, 6) is 0.175. The van der Waals surface area contributed by atoms with Crippen LogP contribution in [0.1, 0.15) is 50.7 Å². The van der Waals surface area contributed by atoms with Gasteiger partial charge in [0.15, 0.2) is 0 Å². The molecule has 4 nitrogen and oxygen atoms in total. The van der Waals surface area contributed by atoms with Gasteiger partial charge in [0.1, 0.15) is 5.75 Å². The number of hydrogen-bond acceptors (Lipinski definition) is 4. The van der Waals surface area contributed by atoms with Crippen molar-refractivity contribution in [1.82, 2.24) is 0 Å². The van der Waals surface area contributed by atoms with Crippen molar-refractivity contribution in [2.75, 3.05) is 6.61 Å². The molecule has 1 aromatic carbocycles. The van der Waals surface area contributed by atoms with Crippen LogP contribution in [0.2, 0.25) is 0 Å². The van der Waals surface area contributed by atoms with Crippen LogP contribution >= 0.6 is 0 Å². The van der Waals surface area contributed by atoms with E-state index in [9.17, 15) is 15.3 Å². The Morgan fingerprint density at radius 1 is 1.18 bits per heavy atom. The van der Waals surface area contributed by atoms with Crippen LogP contribution in [0.4, 0.5) is 0 Å². The third-order valence-electron chi connectivity index (χ3n) is 3.61. The zero-order valence-electron chi connectivity index (χ0n) is 13.5. The Kier molecular flexibility index (Phi) is 8.82. The lowest BCUT2D eigenvalue weighted by molar-refractivity contribution is 0.0420. The van der Waals surface area contributed by atoms with E-state index in [1.54, 1.807) is 24.3 Å². The predicted molar refractivity (Wildman–Crippen MR) is 88.6 cm³/mol. The summed E-state index contributed by atoms with van der Waals surface area (Å²) in [5.41, 5.74) is 1.47. The number of phenols is 1. The van der Waals surface area contributed by atoms with E-state index < -0.39 is 12.2 Å². The van der Waals surface area contributed by atoms with Crippen LogP contribution in [0.15, 0.2) is 24.3 Å². The lowest BCUT2D eigenvalue weighted by atomic mass is 10.0. The summed E-state index contributed by atoms with van der Waals surface area (Å²) < 4.78 is 5.36. The molecule has 1 aromatic rings. The highest BCUT2D eigenvalue weighted by molar-refractivity contribution is 5.58. The van der Waals surface area contributed by atoms with Gasteiger partial charge in [-0.2, -0.15) is 0 Å². The number of hydrogen-bond donors (Lipinski definition) is 3. The second-order valence-electron chi connectivity index (χ2n) is 5.39. The summed E-state index contributed by atoms with van der Waals surface area (Å²) in [7, 11) is 0. The summed E-state index contributed by atoms with van der Waals surface area (Å²) >= 11 is 0. The van der Waals surface area contributed by atoms with Crippen LogP contribution in [-0.2, 0) is 11.3 Å². The van der Waals surface area contributed by atoms with Gasteiger partial charge in [0.05, 0.1) is 18.8 Å². The molecule has 0 aromatic heterocycles. The molecule has 4 heteroatoms. The molecular formula is C18H28O4. The van der Waals surface area contributed by atoms with Crippen LogP contribution in [-0.4, -0.2) is 34.1 Å². The zero-order valence-corrected chi connectivity index (χ0v) is 13.5. The molecule has 0 fully saturated rings. The van der Waals surface area contributed by atoms with Crippen molar-refractivity contribution in [2.24, 2.45) is 0 Å². The first-order valence-corrected chi connectivity index (χ1v) is 8.03. The molecule has 0 radical (unpaired) electrons. The van der Waals surface area contributed by atoms with E-state index in [2.05, 4.69) is 6.92 Å². The van der Waals surface area contributed by atoms with Crippen LogP contribution in [0.25, 0.3) is 6.08 Å². The Morgan fingerprint density at radius 2 is 1.95 bits per heavy atom. The van der Waals surface area contributed by atoms with Gasteiger partial charge in [-0.1, -0.05) is 50.5 Å².